The first kappa shape index (κ1) is 28.6. The average molecular weight is 590 g/mol. The van der Waals surface area contributed by atoms with Gasteiger partial charge in [-0.3, -0.25) is 14.6 Å². The van der Waals surface area contributed by atoms with Crippen LogP contribution in [0.15, 0.2) is 79.0 Å². The molecule has 1 amide bonds. The zero-order valence-corrected chi connectivity index (χ0v) is 24.7. The van der Waals surface area contributed by atoms with E-state index in [1.165, 1.54) is 11.3 Å². The summed E-state index contributed by atoms with van der Waals surface area (Å²) in [5.41, 5.74) is 5.86. The molecule has 216 valence electrons. The zero-order valence-electron chi connectivity index (χ0n) is 23.9. The van der Waals surface area contributed by atoms with Crippen molar-refractivity contribution in [3.63, 3.8) is 0 Å². The van der Waals surface area contributed by atoms with Crippen LogP contribution in [0.5, 0.6) is 0 Å². The Morgan fingerprint density at radius 3 is 2.58 bits per heavy atom. The molecule has 0 unspecified atom stereocenters. The molecule has 0 aliphatic carbocycles. The predicted octanol–water partition coefficient (Wildman–Crippen LogP) is 5.99. The summed E-state index contributed by atoms with van der Waals surface area (Å²) in [6.07, 6.45) is 1.95. The minimum Gasteiger partial charge on any atom is -0.383 e. The number of amides is 1. The lowest BCUT2D eigenvalue weighted by Gasteiger charge is -2.34. The lowest BCUT2D eigenvalue weighted by molar-refractivity contribution is 0.0938. The second kappa shape index (κ2) is 13.2. The Morgan fingerprint density at radius 2 is 1.79 bits per heavy atom. The topological polar surface area (TPSA) is 87.8 Å². The van der Waals surface area contributed by atoms with Crippen molar-refractivity contribution in [2.75, 3.05) is 51.8 Å². The molecular formula is C33H31N7O2S. The van der Waals surface area contributed by atoms with E-state index in [0.29, 0.717) is 22.8 Å². The van der Waals surface area contributed by atoms with Gasteiger partial charge in [0.15, 0.2) is 5.69 Å². The number of nitrogens with zero attached hydrogens (tertiary/aromatic N) is 6. The normalized spacial score (nSPS) is 14.0. The predicted molar refractivity (Wildman–Crippen MR) is 170 cm³/mol. The van der Waals surface area contributed by atoms with Crippen molar-refractivity contribution in [2.45, 2.75) is 6.54 Å². The third-order valence-corrected chi connectivity index (χ3v) is 8.48. The quantitative estimate of drug-likeness (QED) is 0.212. The Balaban J connectivity index is 1.16. The molecule has 3 aromatic heterocycles. The summed E-state index contributed by atoms with van der Waals surface area (Å²) in [5, 5.41) is 3.83. The van der Waals surface area contributed by atoms with Crippen LogP contribution in [0.1, 0.15) is 16.1 Å². The minimum absolute atomic E-state index is 0.302. The molecule has 0 atom stereocenters. The summed E-state index contributed by atoms with van der Waals surface area (Å²) in [5.74, 6) is -0.309. The van der Waals surface area contributed by atoms with Crippen LogP contribution in [-0.4, -0.2) is 77.1 Å². The monoisotopic (exact) mass is 589 g/mol. The van der Waals surface area contributed by atoms with E-state index in [2.05, 4.69) is 31.0 Å². The molecular weight excluding hydrogens is 558 g/mol. The Morgan fingerprint density at radius 1 is 1.00 bits per heavy atom. The maximum Gasteiger partial charge on any atom is 0.274 e. The first-order valence-electron chi connectivity index (χ1n) is 14.1. The number of carbonyl (C=O) groups excluding carboxylic acids is 1. The molecule has 4 heterocycles. The Bertz CT molecular complexity index is 1770. The SMILES string of the molecule is [C-]#[N+]c1ccc(-c2cccc(C(=O)Nc3ccccc3-c3nc4cc(CN5CCN(CCOC)CC5)cnc4s3)n2)cc1. The number of methoxy groups -OCH3 is 1. The van der Waals surface area contributed by atoms with Crippen molar-refractivity contribution in [1.82, 2.24) is 24.8 Å². The fraction of sp³-hybridized carbons (Fsp3) is 0.242. The number of piperazine rings is 1. The second-order valence-electron chi connectivity index (χ2n) is 10.4. The van der Waals surface area contributed by atoms with Crippen LogP contribution in [0.3, 0.4) is 0 Å². The van der Waals surface area contributed by atoms with Crippen molar-refractivity contribution in [2.24, 2.45) is 0 Å². The van der Waals surface area contributed by atoms with E-state index in [1.54, 1.807) is 25.3 Å². The summed E-state index contributed by atoms with van der Waals surface area (Å²) in [4.78, 5) is 36.7. The smallest absolute Gasteiger partial charge is 0.274 e. The van der Waals surface area contributed by atoms with Crippen molar-refractivity contribution >= 4 is 39.0 Å². The van der Waals surface area contributed by atoms with Gasteiger partial charge in [-0.05, 0) is 41.5 Å². The highest BCUT2D eigenvalue weighted by Crippen LogP contribution is 2.34. The Labute approximate surface area is 254 Å². The van der Waals surface area contributed by atoms with E-state index < -0.39 is 0 Å². The highest BCUT2D eigenvalue weighted by molar-refractivity contribution is 7.21. The molecule has 1 aliphatic rings. The fourth-order valence-corrected chi connectivity index (χ4v) is 6.04. The zero-order chi connectivity index (χ0) is 29.6. The average Bonchev–Trinajstić information content (AvgIpc) is 3.48. The standard InChI is InChI=1S/C33H31N7O2S/c1-34-25-12-10-24(11-13-25)27-8-5-9-29(36-27)31(41)37-28-7-4-3-6-26(28)32-38-30-20-23(21-35-33(30)43-32)22-40-16-14-39(15-17-40)18-19-42-2/h3-13,20-21H,14-19,22H2,2H3,(H,37,41). The molecule has 1 N–H and O–H groups in total. The number of hydrogen-bond acceptors (Lipinski definition) is 8. The number of aromatic nitrogens is 3. The summed E-state index contributed by atoms with van der Waals surface area (Å²) >= 11 is 1.51. The van der Waals surface area contributed by atoms with Crippen LogP contribution < -0.4 is 5.32 Å². The summed E-state index contributed by atoms with van der Waals surface area (Å²) in [6.45, 7) is 13.9. The molecule has 1 aliphatic heterocycles. The third kappa shape index (κ3) is 6.77. The second-order valence-corrected chi connectivity index (χ2v) is 11.3. The van der Waals surface area contributed by atoms with Gasteiger partial charge in [-0.2, -0.15) is 0 Å². The van der Waals surface area contributed by atoms with Gasteiger partial charge in [-0.15, -0.1) is 0 Å². The third-order valence-electron chi connectivity index (χ3n) is 7.47. The van der Waals surface area contributed by atoms with Crippen molar-refractivity contribution < 1.29 is 9.53 Å². The first-order chi connectivity index (χ1) is 21.1. The van der Waals surface area contributed by atoms with Gasteiger partial charge >= 0.3 is 0 Å². The highest BCUT2D eigenvalue weighted by Gasteiger charge is 2.19. The van der Waals surface area contributed by atoms with Gasteiger partial charge < -0.3 is 10.1 Å². The lowest BCUT2D eigenvalue weighted by Crippen LogP contribution is -2.46. The Hall–Kier alpha value is -4.53. The van der Waals surface area contributed by atoms with Crippen LogP contribution >= 0.6 is 11.3 Å². The maximum absolute atomic E-state index is 13.3. The number of fused-ring (bicyclic) bond motifs is 1. The van der Waals surface area contributed by atoms with Gasteiger partial charge in [0.1, 0.15) is 21.0 Å². The number of benzene rings is 2. The van der Waals surface area contributed by atoms with Gasteiger partial charge in [0, 0.05) is 58.1 Å². The van der Waals surface area contributed by atoms with Crippen LogP contribution in [-0.2, 0) is 11.3 Å². The summed E-state index contributed by atoms with van der Waals surface area (Å²) in [7, 11) is 1.75. The number of pyridine rings is 2. The van der Waals surface area contributed by atoms with E-state index >= 15 is 0 Å². The molecule has 10 heteroatoms. The largest absolute Gasteiger partial charge is 0.383 e. The maximum atomic E-state index is 13.3. The van der Waals surface area contributed by atoms with Crippen molar-refractivity contribution in [3.8, 4) is 21.8 Å². The van der Waals surface area contributed by atoms with Crippen molar-refractivity contribution in [1.29, 1.82) is 0 Å². The Kier molecular flexibility index (Phi) is 8.77. The molecule has 0 radical (unpaired) electrons. The molecule has 43 heavy (non-hydrogen) atoms. The van der Waals surface area contributed by atoms with Crippen molar-refractivity contribution in [3.05, 3.63) is 102 Å². The van der Waals surface area contributed by atoms with Crippen LogP contribution in [0.25, 0.3) is 37.0 Å². The van der Waals surface area contributed by atoms with E-state index in [-0.39, 0.29) is 5.91 Å². The van der Waals surface area contributed by atoms with Gasteiger partial charge in [-0.25, -0.2) is 19.8 Å². The number of carbonyl (C=O) groups is 1. The van der Waals surface area contributed by atoms with Crippen LogP contribution in [0.2, 0.25) is 0 Å². The number of ether oxygens (including phenoxy) is 1. The number of rotatable bonds is 9. The number of anilines is 1. The van der Waals surface area contributed by atoms with Gasteiger partial charge in [-0.1, -0.05) is 53.8 Å². The number of nitrogens with one attached hydrogen (secondary N) is 1. The number of para-hydroxylation sites is 1. The van der Waals surface area contributed by atoms with Crippen LogP contribution in [0.4, 0.5) is 11.4 Å². The molecule has 2 aromatic carbocycles. The summed E-state index contributed by atoms with van der Waals surface area (Å²) < 4.78 is 5.21. The van der Waals surface area contributed by atoms with E-state index in [0.717, 1.165) is 77.9 Å². The van der Waals surface area contributed by atoms with E-state index in [4.69, 9.17) is 21.3 Å². The molecule has 1 fully saturated rings. The molecule has 6 rings (SSSR count). The lowest BCUT2D eigenvalue weighted by atomic mass is 10.1. The van der Waals surface area contributed by atoms with Gasteiger partial charge in [0.05, 0.1) is 24.6 Å². The van der Waals surface area contributed by atoms with E-state index in [1.807, 2.05) is 54.7 Å². The fourth-order valence-electron chi connectivity index (χ4n) is 5.11. The number of hydrogen-bond donors (Lipinski definition) is 1. The van der Waals surface area contributed by atoms with Crippen LogP contribution in [0, 0.1) is 6.57 Å². The van der Waals surface area contributed by atoms with E-state index in [9.17, 15) is 4.79 Å². The first-order valence-corrected chi connectivity index (χ1v) is 15.0. The minimum atomic E-state index is -0.309. The van der Waals surface area contributed by atoms with Gasteiger partial charge in [0.25, 0.3) is 5.91 Å². The van der Waals surface area contributed by atoms with Gasteiger partial charge in [0.2, 0.25) is 0 Å². The molecule has 0 spiro atoms. The molecule has 5 aromatic rings. The molecule has 0 saturated carbocycles. The summed E-state index contributed by atoms with van der Waals surface area (Å²) in [6, 6.07) is 22.3. The molecule has 9 nitrogen and oxygen atoms in total. The highest BCUT2D eigenvalue weighted by atomic mass is 32.1. The number of thiazole rings is 1. The molecule has 0 bridgehead atoms. The molecule has 1 saturated heterocycles.